The van der Waals surface area contributed by atoms with Gasteiger partial charge in [0.15, 0.2) is 11.6 Å². The normalized spacial score (nSPS) is 19.4. The van der Waals surface area contributed by atoms with Crippen LogP contribution in [0.25, 0.3) is 0 Å². The van der Waals surface area contributed by atoms with Crippen LogP contribution in [0.1, 0.15) is 80.1 Å². The number of unbranched alkanes of at least 4 members (excludes halogenated alkanes) is 2. The maximum absolute atomic E-state index is 13.2. The van der Waals surface area contributed by atoms with Crippen molar-refractivity contribution in [2.24, 2.45) is 5.92 Å². The minimum absolute atomic E-state index is 0.00521. The van der Waals surface area contributed by atoms with Crippen molar-refractivity contribution in [2.45, 2.75) is 64.2 Å². The van der Waals surface area contributed by atoms with E-state index in [1.165, 1.54) is 63.0 Å². The lowest BCUT2D eigenvalue weighted by Crippen LogP contribution is -2.14. The summed E-state index contributed by atoms with van der Waals surface area (Å²) >= 11 is 0. The zero-order chi connectivity index (χ0) is 19.9. The average Bonchev–Trinajstić information content (AvgIpc) is 2.72. The van der Waals surface area contributed by atoms with Crippen LogP contribution in [0.3, 0.4) is 0 Å². The van der Waals surface area contributed by atoms with E-state index in [9.17, 15) is 13.6 Å². The molecule has 0 bridgehead atoms. The van der Waals surface area contributed by atoms with Gasteiger partial charge in [-0.15, -0.1) is 0 Å². The van der Waals surface area contributed by atoms with Gasteiger partial charge in [-0.1, -0.05) is 44.7 Å². The number of rotatable bonds is 7. The third-order valence-corrected chi connectivity index (χ3v) is 5.78. The highest BCUT2D eigenvalue weighted by Gasteiger charge is 2.22. The van der Waals surface area contributed by atoms with E-state index in [0.717, 1.165) is 18.1 Å². The number of carbonyl (C=O) groups excluding carboxylic acids is 1. The Morgan fingerprint density at radius 3 is 2.32 bits per heavy atom. The first kappa shape index (κ1) is 20.5. The summed E-state index contributed by atoms with van der Waals surface area (Å²) < 4.78 is 31.3. The Kier molecular flexibility index (Phi) is 7.18. The molecular formula is C24H28F2O2. The largest absolute Gasteiger partial charge is 0.423 e. The second kappa shape index (κ2) is 9.81. The van der Waals surface area contributed by atoms with Crippen molar-refractivity contribution in [3.63, 3.8) is 0 Å². The van der Waals surface area contributed by atoms with Gasteiger partial charge in [0, 0.05) is 6.07 Å². The third-order valence-electron chi connectivity index (χ3n) is 5.78. The quantitative estimate of drug-likeness (QED) is 0.290. The first-order chi connectivity index (χ1) is 13.6. The number of carbonyl (C=O) groups is 1. The van der Waals surface area contributed by atoms with Gasteiger partial charge in [0.05, 0.1) is 5.56 Å². The van der Waals surface area contributed by atoms with Crippen LogP contribution in [0.2, 0.25) is 0 Å². The maximum Gasteiger partial charge on any atom is 0.343 e. The fraction of sp³-hybridized carbons (Fsp3) is 0.458. The van der Waals surface area contributed by atoms with Crippen LogP contribution in [-0.2, 0) is 0 Å². The SMILES string of the molecule is CCCCCC1CCC(c2ccc(C(=O)Oc3ccc(F)c(F)c3)cc2)CC1. The van der Waals surface area contributed by atoms with Gasteiger partial charge in [-0.2, -0.15) is 0 Å². The molecule has 0 aliphatic heterocycles. The molecule has 0 atom stereocenters. The molecule has 2 nitrogen and oxygen atoms in total. The van der Waals surface area contributed by atoms with Crippen molar-refractivity contribution in [3.05, 3.63) is 65.2 Å². The number of esters is 1. The summed E-state index contributed by atoms with van der Waals surface area (Å²) in [5.74, 6) is -1.16. The molecule has 4 heteroatoms. The lowest BCUT2D eigenvalue weighted by atomic mass is 9.77. The molecular weight excluding hydrogens is 358 g/mol. The molecule has 3 rings (SSSR count). The molecule has 0 heterocycles. The van der Waals surface area contributed by atoms with Crippen LogP contribution in [0.15, 0.2) is 42.5 Å². The Morgan fingerprint density at radius 1 is 0.964 bits per heavy atom. The van der Waals surface area contributed by atoms with Crippen LogP contribution in [-0.4, -0.2) is 5.97 Å². The highest BCUT2D eigenvalue weighted by molar-refractivity contribution is 5.91. The maximum atomic E-state index is 13.2. The summed E-state index contributed by atoms with van der Waals surface area (Å²) in [4.78, 5) is 12.2. The molecule has 0 unspecified atom stereocenters. The molecule has 1 aliphatic rings. The van der Waals surface area contributed by atoms with Gasteiger partial charge in [-0.05, 0) is 67.3 Å². The fourth-order valence-corrected chi connectivity index (χ4v) is 4.07. The number of hydrogen-bond acceptors (Lipinski definition) is 2. The Hall–Kier alpha value is -2.23. The van der Waals surface area contributed by atoms with Crippen molar-refractivity contribution in [1.82, 2.24) is 0 Å². The van der Waals surface area contributed by atoms with E-state index in [1.807, 2.05) is 12.1 Å². The average molecular weight is 386 g/mol. The summed E-state index contributed by atoms with van der Waals surface area (Å²) in [5.41, 5.74) is 1.66. The van der Waals surface area contributed by atoms with Gasteiger partial charge >= 0.3 is 5.97 Å². The summed E-state index contributed by atoms with van der Waals surface area (Å²) in [7, 11) is 0. The van der Waals surface area contributed by atoms with Gasteiger partial charge in [-0.25, -0.2) is 13.6 Å². The summed E-state index contributed by atoms with van der Waals surface area (Å²) in [6.45, 7) is 2.24. The summed E-state index contributed by atoms with van der Waals surface area (Å²) in [6, 6.07) is 10.5. The molecule has 0 saturated heterocycles. The summed E-state index contributed by atoms with van der Waals surface area (Å²) in [6.07, 6.45) is 10.3. The van der Waals surface area contributed by atoms with Gasteiger partial charge in [0.1, 0.15) is 5.75 Å². The predicted octanol–water partition coefficient (Wildman–Crippen LogP) is 7.04. The van der Waals surface area contributed by atoms with E-state index in [1.54, 1.807) is 12.1 Å². The fourth-order valence-electron chi connectivity index (χ4n) is 4.07. The second-order valence-electron chi connectivity index (χ2n) is 7.80. The number of halogens is 2. The van der Waals surface area contributed by atoms with Crippen molar-refractivity contribution in [3.8, 4) is 5.75 Å². The second-order valence-corrected chi connectivity index (χ2v) is 7.80. The number of benzene rings is 2. The highest BCUT2D eigenvalue weighted by atomic mass is 19.2. The third kappa shape index (κ3) is 5.40. The number of ether oxygens (including phenoxy) is 1. The zero-order valence-electron chi connectivity index (χ0n) is 16.4. The Labute approximate surface area is 165 Å². The van der Waals surface area contributed by atoms with Gasteiger partial charge < -0.3 is 4.74 Å². The Bertz CT molecular complexity index is 778. The minimum atomic E-state index is -1.04. The van der Waals surface area contributed by atoms with Crippen molar-refractivity contribution in [2.75, 3.05) is 0 Å². The predicted molar refractivity (Wildman–Crippen MR) is 107 cm³/mol. The van der Waals surface area contributed by atoms with Crippen LogP contribution in [0.5, 0.6) is 5.75 Å². The van der Waals surface area contributed by atoms with Crippen molar-refractivity contribution >= 4 is 5.97 Å². The van der Waals surface area contributed by atoms with E-state index in [4.69, 9.17) is 4.74 Å². The van der Waals surface area contributed by atoms with E-state index < -0.39 is 17.6 Å². The minimum Gasteiger partial charge on any atom is -0.423 e. The zero-order valence-corrected chi connectivity index (χ0v) is 16.4. The lowest BCUT2D eigenvalue weighted by Gasteiger charge is -2.29. The van der Waals surface area contributed by atoms with Crippen LogP contribution in [0, 0.1) is 17.6 Å². The molecule has 0 spiro atoms. The van der Waals surface area contributed by atoms with Crippen LogP contribution < -0.4 is 4.74 Å². The molecule has 0 N–H and O–H groups in total. The molecule has 0 amide bonds. The molecule has 1 aliphatic carbocycles. The molecule has 2 aromatic carbocycles. The standard InChI is InChI=1S/C24H28F2O2/c1-2-3-4-5-17-6-8-18(9-7-17)19-10-12-20(13-11-19)24(27)28-21-14-15-22(25)23(26)16-21/h10-18H,2-9H2,1H3. The first-order valence-electron chi connectivity index (χ1n) is 10.3. The number of hydrogen-bond donors (Lipinski definition) is 0. The molecule has 0 radical (unpaired) electrons. The van der Waals surface area contributed by atoms with Crippen LogP contribution in [0.4, 0.5) is 8.78 Å². The van der Waals surface area contributed by atoms with Gasteiger partial charge in [-0.3, -0.25) is 0 Å². The van der Waals surface area contributed by atoms with E-state index in [-0.39, 0.29) is 5.75 Å². The van der Waals surface area contributed by atoms with Gasteiger partial charge in [0.25, 0.3) is 0 Å². The van der Waals surface area contributed by atoms with Gasteiger partial charge in [0.2, 0.25) is 0 Å². The monoisotopic (exact) mass is 386 g/mol. The lowest BCUT2D eigenvalue weighted by molar-refractivity contribution is 0.0734. The molecule has 150 valence electrons. The molecule has 1 saturated carbocycles. The molecule has 28 heavy (non-hydrogen) atoms. The van der Waals surface area contributed by atoms with Crippen molar-refractivity contribution in [1.29, 1.82) is 0 Å². The Morgan fingerprint density at radius 2 is 1.68 bits per heavy atom. The molecule has 2 aromatic rings. The smallest absolute Gasteiger partial charge is 0.343 e. The Balaban J connectivity index is 1.53. The molecule has 1 fully saturated rings. The van der Waals surface area contributed by atoms with Crippen LogP contribution >= 0.6 is 0 Å². The van der Waals surface area contributed by atoms with E-state index in [0.29, 0.717) is 11.5 Å². The highest BCUT2D eigenvalue weighted by Crippen LogP contribution is 2.37. The van der Waals surface area contributed by atoms with Crippen molar-refractivity contribution < 1.29 is 18.3 Å². The summed E-state index contributed by atoms with van der Waals surface area (Å²) in [5, 5.41) is 0. The molecule has 0 aromatic heterocycles. The first-order valence-corrected chi connectivity index (χ1v) is 10.3. The van der Waals surface area contributed by atoms with E-state index >= 15 is 0 Å². The topological polar surface area (TPSA) is 26.3 Å². The van der Waals surface area contributed by atoms with E-state index in [2.05, 4.69) is 6.92 Å².